The zero-order valence-electron chi connectivity index (χ0n) is 9.42. The molecule has 1 heterocycles. The molecule has 0 spiro atoms. The Morgan fingerprint density at radius 2 is 1.94 bits per heavy atom. The van der Waals surface area contributed by atoms with Crippen LogP contribution in [0.2, 0.25) is 0 Å². The molecular formula is C13H14N2O. The van der Waals surface area contributed by atoms with Crippen LogP contribution in [0.4, 0.5) is 0 Å². The smallest absolute Gasteiger partial charge is 0.150 e. The molecule has 0 bridgehead atoms. The van der Waals surface area contributed by atoms with Crippen molar-refractivity contribution in [1.29, 1.82) is 0 Å². The van der Waals surface area contributed by atoms with E-state index in [2.05, 4.69) is 18.8 Å². The third-order valence-electron chi connectivity index (χ3n) is 2.49. The maximum Gasteiger partial charge on any atom is 0.150 e. The van der Waals surface area contributed by atoms with E-state index in [1.807, 2.05) is 35.0 Å². The minimum Gasteiger partial charge on any atom is -0.304 e. The summed E-state index contributed by atoms with van der Waals surface area (Å²) in [5, 5.41) is 0. The second-order valence-corrected chi connectivity index (χ2v) is 4.02. The van der Waals surface area contributed by atoms with Gasteiger partial charge >= 0.3 is 0 Å². The van der Waals surface area contributed by atoms with Crippen LogP contribution in [0.3, 0.4) is 0 Å². The summed E-state index contributed by atoms with van der Waals surface area (Å²) in [6.07, 6.45) is 4.58. The topological polar surface area (TPSA) is 34.9 Å². The highest BCUT2D eigenvalue weighted by Gasteiger charge is 2.08. The fourth-order valence-electron chi connectivity index (χ4n) is 1.67. The third-order valence-corrected chi connectivity index (χ3v) is 2.49. The number of carbonyl (C=O) groups excluding carboxylic acids is 1. The summed E-state index contributed by atoms with van der Waals surface area (Å²) < 4.78 is 2.04. The van der Waals surface area contributed by atoms with Gasteiger partial charge in [-0.1, -0.05) is 13.8 Å². The summed E-state index contributed by atoms with van der Waals surface area (Å²) in [5.74, 6) is 1.40. The molecule has 0 aliphatic rings. The minimum absolute atomic E-state index is 0.376. The van der Waals surface area contributed by atoms with Crippen molar-refractivity contribution in [2.75, 3.05) is 0 Å². The predicted octanol–water partition coefficient (Wildman–Crippen LogP) is 2.81. The van der Waals surface area contributed by atoms with Gasteiger partial charge in [0.05, 0.1) is 0 Å². The summed E-state index contributed by atoms with van der Waals surface area (Å²) in [6, 6.07) is 7.48. The monoisotopic (exact) mass is 214 g/mol. The molecule has 0 saturated carbocycles. The zero-order chi connectivity index (χ0) is 11.5. The van der Waals surface area contributed by atoms with E-state index in [0.29, 0.717) is 11.5 Å². The highest BCUT2D eigenvalue weighted by molar-refractivity contribution is 5.75. The number of benzene rings is 1. The summed E-state index contributed by atoms with van der Waals surface area (Å²) in [4.78, 5) is 14.9. The predicted molar refractivity (Wildman–Crippen MR) is 63.0 cm³/mol. The van der Waals surface area contributed by atoms with Crippen LogP contribution in [0.25, 0.3) is 5.69 Å². The first kappa shape index (κ1) is 10.6. The standard InChI is InChI=1S/C13H14N2O/c1-10(2)13-14-7-8-15(13)12-5-3-11(9-16)4-6-12/h3-10H,1-2H3. The molecule has 3 nitrogen and oxygen atoms in total. The number of hydrogen-bond acceptors (Lipinski definition) is 2. The van der Waals surface area contributed by atoms with Crippen LogP contribution in [0.15, 0.2) is 36.7 Å². The van der Waals surface area contributed by atoms with Crippen molar-refractivity contribution in [3.05, 3.63) is 48.0 Å². The van der Waals surface area contributed by atoms with Crippen molar-refractivity contribution >= 4 is 6.29 Å². The van der Waals surface area contributed by atoms with Gasteiger partial charge in [0.2, 0.25) is 0 Å². The van der Waals surface area contributed by atoms with Crippen molar-refractivity contribution in [3.63, 3.8) is 0 Å². The molecule has 0 unspecified atom stereocenters. The molecule has 2 aromatic rings. The summed E-state index contributed by atoms with van der Waals surface area (Å²) in [7, 11) is 0. The molecule has 0 aliphatic heterocycles. The lowest BCUT2D eigenvalue weighted by atomic mass is 10.2. The Morgan fingerprint density at radius 1 is 1.25 bits per heavy atom. The first-order valence-electron chi connectivity index (χ1n) is 5.31. The number of imidazole rings is 1. The molecule has 16 heavy (non-hydrogen) atoms. The van der Waals surface area contributed by atoms with Crippen LogP contribution in [0, 0.1) is 0 Å². The van der Waals surface area contributed by atoms with Crippen molar-refractivity contribution < 1.29 is 4.79 Å². The van der Waals surface area contributed by atoms with Crippen molar-refractivity contribution in [1.82, 2.24) is 9.55 Å². The van der Waals surface area contributed by atoms with Crippen LogP contribution in [-0.4, -0.2) is 15.8 Å². The van der Waals surface area contributed by atoms with Gasteiger partial charge in [-0.2, -0.15) is 0 Å². The number of carbonyl (C=O) groups is 1. The van der Waals surface area contributed by atoms with E-state index in [4.69, 9.17) is 0 Å². The Balaban J connectivity index is 2.42. The fraction of sp³-hybridized carbons (Fsp3) is 0.231. The van der Waals surface area contributed by atoms with Crippen molar-refractivity contribution in [2.24, 2.45) is 0 Å². The van der Waals surface area contributed by atoms with Crippen molar-refractivity contribution in [3.8, 4) is 5.69 Å². The van der Waals surface area contributed by atoms with Gasteiger partial charge in [0.15, 0.2) is 0 Å². The van der Waals surface area contributed by atoms with Gasteiger partial charge in [0.25, 0.3) is 0 Å². The van der Waals surface area contributed by atoms with E-state index in [0.717, 1.165) is 17.8 Å². The molecule has 82 valence electrons. The molecule has 0 aliphatic carbocycles. The third kappa shape index (κ3) is 1.89. The van der Waals surface area contributed by atoms with Crippen molar-refractivity contribution in [2.45, 2.75) is 19.8 Å². The van der Waals surface area contributed by atoms with Crippen LogP contribution in [0.5, 0.6) is 0 Å². The van der Waals surface area contributed by atoms with E-state index in [1.54, 1.807) is 6.20 Å². The molecule has 0 saturated heterocycles. The number of rotatable bonds is 3. The maximum absolute atomic E-state index is 10.6. The number of nitrogens with zero attached hydrogens (tertiary/aromatic N) is 2. The Labute approximate surface area is 94.7 Å². The normalized spacial score (nSPS) is 10.7. The average molecular weight is 214 g/mol. The lowest BCUT2D eigenvalue weighted by Crippen LogP contribution is -2.02. The Hall–Kier alpha value is -1.90. The molecule has 0 amide bonds. The Bertz CT molecular complexity index is 483. The van der Waals surface area contributed by atoms with Crippen LogP contribution in [-0.2, 0) is 0 Å². The van der Waals surface area contributed by atoms with E-state index < -0.39 is 0 Å². The lowest BCUT2D eigenvalue weighted by molar-refractivity contribution is 0.112. The molecule has 2 rings (SSSR count). The van der Waals surface area contributed by atoms with Gasteiger partial charge in [-0.3, -0.25) is 4.79 Å². The van der Waals surface area contributed by atoms with E-state index in [1.165, 1.54) is 0 Å². The van der Waals surface area contributed by atoms with Gasteiger partial charge in [-0.05, 0) is 24.3 Å². The Morgan fingerprint density at radius 3 is 2.50 bits per heavy atom. The molecule has 0 radical (unpaired) electrons. The summed E-state index contributed by atoms with van der Waals surface area (Å²) in [6.45, 7) is 4.22. The fourth-order valence-corrected chi connectivity index (χ4v) is 1.67. The van der Waals surface area contributed by atoms with Crippen LogP contribution >= 0.6 is 0 Å². The molecule has 0 fully saturated rings. The van der Waals surface area contributed by atoms with E-state index in [-0.39, 0.29) is 0 Å². The van der Waals surface area contributed by atoms with Crippen LogP contribution in [0.1, 0.15) is 35.9 Å². The molecule has 0 N–H and O–H groups in total. The summed E-state index contributed by atoms with van der Waals surface area (Å²) >= 11 is 0. The molecule has 3 heteroatoms. The number of hydrogen-bond donors (Lipinski definition) is 0. The highest BCUT2D eigenvalue weighted by atomic mass is 16.1. The quantitative estimate of drug-likeness (QED) is 0.736. The van der Waals surface area contributed by atoms with E-state index in [9.17, 15) is 4.79 Å². The van der Waals surface area contributed by atoms with Gasteiger partial charge in [0, 0.05) is 29.6 Å². The lowest BCUT2D eigenvalue weighted by Gasteiger charge is -2.10. The van der Waals surface area contributed by atoms with Gasteiger partial charge in [-0.25, -0.2) is 4.98 Å². The second kappa shape index (κ2) is 4.31. The molecule has 1 aromatic heterocycles. The number of aldehydes is 1. The Kier molecular flexibility index (Phi) is 2.86. The maximum atomic E-state index is 10.6. The largest absolute Gasteiger partial charge is 0.304 e. The highest BCUT2D eigenvalue weighted by Crippen LogP contribution is 2.17. The first-order chi connectivity index (χ1) is 7.72. The summed E-state index contributed by atoms with van der Waals surface area (Å²) in [5.41, 5.74) is 1.72. The SMILES string of the molecule is CC(C)c1nccn1-c1ccc(C=O)cc1. The molecule has 1 aromatic carbocycles. The van der Waals surface area contributed by atoms with E-state index >= 15 is 0 Å². The average Bonchev–Trinajstić information content (AvgIpc) is 2.78. The molecule has 0 atom stereocenters. The second-order valence-electron chi connectivity index (χ2n) is 4.02. The zero-order valence-corrected chi connectivity index (χ0v) is 9.42. The van der Waals surface area contributed by atoms with Crippen LogP contribution < -0.4 is 0 Å². The number of aromatic nitrogens is 2. The van der Waals surface area contributed by atoms with Gasteiger partial charge < -0.3 is 4.57 Å². The minimum atomic E-state index is 0.376. The first-order valence-corrected chi connectivity index (χ1v) is 5.31. The molecular weight excluding hydrogens is 200 g/mol. The van der Waals surface area contributed by atoms with Gasteiger partial charge in [-0.15, -0.1) is 0 Å². The van der Waals surface area contributed by atoms with Gasteiger partial charge in [0.1, 0.15) is 12.1 Å².